The van der Waals surface area contributed by atoms with E-state index in [0.717, 1.165) is 12.2 Å². The molecule has 0 amide bonds. The summed E-state index contributed by atoms with van der Waals surface area (Å²) < 4.78 is 4.92. The molecule has 0 spiro atoms. The average Bonchev–Trinajstić information content (AvgIpc) is 2.70. The fourth-order valence-corrected chi connectivity index (χ4v) is 1.31. The highest BCUT2D eigenvalue weighted by Crippen LogP contribution is 2.45. The molecule has 0 bridgehead atoms. The van der Waals surface area contributed by atoms with E-state index in [0.29, 0.717) is 17.7 Å². The largest absolute Gasteiger partial charge is 0.394 e. The van der Waals surface area contributed by atoms with E-state index in [1.807, 2.05) is 0 Å². The number of rotatable bonds is 3. The molecule has 1 saturated carbocycles. The molecule has 2 rings (SSSR count). The lowest BCUT2D eigenvalue weighted by Gasteiger charge is -1.98. The Balaban J connectivity index is 2.09. The van der Waals surface area contributed by atoms with Crippen molar-refractivity contribution in [3.8, 4) is 0 Å². The summed E-state index contributed by atoms with van der Waals surface area (Å²) >= 11 is 0. The van der Waals surface area contributed by atoms with Gasteiger partial charge in [-0.3, -0.25) is 0 Å². The van der Waals surface area contributed by atoms with Gasteiger partial charge in [-0.05, 0) is 12.3 Å². The molecule has 5 heteroatoms. The van der Waals surface area contributed by atoms with E-state index in [9.17, 15) is 0 Å². The minimum Gasteiger partial charge on any atom is -0.394 e. The molecule has 3 N–H and O–H groups in total. The molecule has 1 heterocycles. The van der Waals surface area contributed by atoms with Crippen molar-refractivity contribution >= 4 is 0 Å². The monoisotopic (exact) mass is 183 g/mol. The first-order valence-electron chi connectivity index (χ1n) is 4.42. The summed E-state index contributed by atoms with van der Waals surface area (Å²) in [6.45, 7) is 1.98. The van der Waals surface area contributed by atoms with E-state index in [1.165, 1.54) is 0 Å². The molecule has 1 aliphatic rings. The highest BCUT2D eigenvalue weighted by molar-refractivity contribution is 5.08. The van der Waals surface area contributed by atoms with Crippen LogP contribution in [0.4, 0.5) is 0 Å². The van der Waals surface area contributed by atoms with Gasteiger partial charge in [0.05, 0.1) is 6.61 Å². The van der Waals surface area contributed by atoms with Gasteiger partial charge in [0.1, 0.15) is 6.04 Å². The molecule has 13 heavy (non-hydrogen) atoms. The van der Waals surface area contributed by atoms with E-state index in [1.54, 1.807) is 0 Å². The van der Waals surface area contributed by atoms with Crippen molar-refractivity contribution in [1.29, 1.82) is 0 Å². The van der Waals surface area contributed by atoms with Crippen LogP contribution in [-0.2, 0) is 0 Å². The third-order valence-electron chi connectivity index (χ3n) is 2.41. The Kier molecular flexibility index (Phi) is 2.05. The van der Waals surface area contributed by atoms with Gasteiger partial charge >= 0.3 is 0 Å². The fourth-order valence-electron chi connectivity index (χ4n) is 1.31. The number of aromatic nitrogens is 2. The summed E-state index contributed by atoms with van der Waals surface area (Å²) in [6.07, 6.45) is 1.12. The predicted octanol–water partition coefficient (Wildman–Crippen LogP) is 0.185. The summed E-state index contributed by atoms with van der Waals surface area (Å²) in [5.74, 6) is 2.14. The van der Waals surface area contributed by atoms with E-state index >= 15 is 0 Å². The van der Waals surface area contributed by atoms with Gasteiger partial charge in [-0.15, -0.1) is 0 Å². The van der Waals surface area contributed by atoms with E-state index in [4.69, 9.17) is 15.4 Å². The van der Waals surface area contributed by atoms with Crippen LogP contribution in [0.15, 0.2) is 4.52 Å². The van der Waals surface area contributed by atoms with Gasteiger partial charge in [0.15, 0.2) is 5.82 Å². The fraction of sp³-hybridized carbons (Fsp3) is 0.750. The van der Waals surface area contributed by atoms with Gasteiger partial charge in [-0.2, -0.15) is 4.98 Å². The van der Waals surface area contributed by atoms with Crippen molar-refractivity contribution in [2.45, 2.75) is 25.3 Å². The smallest absolute Gasteiger partial charge is 0.245 e. The molecule has 0 saturated heterocycles. The Bertz CT molecular complexity index is 281. The van der Waals surface area contributed by atoms with Crippen molar-refractivity contribution in [3.05, 3.63) is 11.7 Å². The van der Waals surface area contributed by atoms with Crippen LogP contribution in [0.1, 0.15) is 37.0 Å². The Labute approximate surface area is 75.9 Å². The molecule has 72 valence electrons. The van der Waals surface area contributed by atoms with Crippen molar-refractivity contribution in [2.75, 3.05) is 6.61 Å². The first-order valence-corrected chi connectivity index (χ1v) is 4.42. The first kappa shape index (κ1) is 8.65. The summed E-state index contributed by atoms with van der Waals surface area (Å²) in [6, 6.07) is -0.546. The minimum absolute atomic E-state index is 0.165. The van der Waals surface area contributed by atoms with E-state index in [2.05, 4.69) is 17.1 Å². The van der Waals surface area contributed by atoms with Crippen molar-refractivity contribution in [2.24, 2.45) is 11.7 Å². The standard InChI is InChI=1S/C8H13N3O2/c1-4-2-5(4)7-10-8(13-11-7)6(9)3-12/h4-6,12H,2-3,9H2,1H3/t4?,5?,6-/m0/s1. The molecule has 2 unspecified atom stereocenters. The van der Waals surface area contributed by atoms with Crippen LogP contribution in [0.5, 0.6) is 0 Å². The molecule has 1 aromatic heterocycles. The number of aliphatic hydroxyl groups is 1. The van der Waals surface area contributed by atoms with Crippen LogP contribution in [0, 0.1) is 5.92 Å². The van der Waals surface area contributed by atoms with E-state index in [-0.39, 0.29) is 6.61 Å². The third kappa shape index (κ3) is 1.57. The highest BCUT2D eigenvalue weighted by atomic mass is 16.5. The number of hydrogen-bond acceptors (Lipinski definition) is 5. The minimum atomic E-state index is -0.546. The summed E-state index contributed by atoms with van der Waals surface area (Å²) in [5.41, 5.74) is 5.52. The predicted molar refractivity (Wildman–Crippen MR) is 44.8 cm³/mol. The quantitative estimate of drug-likeness (QED) is 0.698. The number of hydrogen-bond donors (Lipinski definition) is 2. The molecular weight excluding hydrogens is 170 g/mol. The molecule has 1 aliphatic carbocycles. The topological polar surface area (TPSA) is 85.2 Å². The van der Waals surface area contributed by atoms with E-state index < -0.39 is 6.04 Å². The molecule has 3 atom stereocenters. The summed E-state index contributed by atoms with van der Waals surface area (Å²) in [4.78, 5) is 4.13. The van der Waals surface area contributed by atoms with Gasteiger partial charge in [-0.25, -0.2) is 0 Å². The van der Waals surface area contributed by atoms with Crippen molar-refractivity contribution < 1.29 is 9.63 Å². The molecule has 0 aromatic carbocycles. The maximum absolute atomic E-state index is 8.75. The molecule has 0 radical (unpaired) electrons. The molecule has 0 aliphatic heterocycles. The Morgan fingerprint density at radius 1 is 1.77 bits per heavy atom. The number of nitrogens with zero attached hydrogens (tertiary/aromatic N) is 2. The molecular formula is C8H13N3O2. The van der Waals surface area contributed by atoms with Crippen molar-refractivity contribution in [1.82, 2.24) is 10.1 Å². The zero-order valence-electron chi connectivity index (χ0n) is 7.47. The molecule has 5 nitrogen and oxygen atoms in total. The third-order valence-corrected chi connectivity index (χ3v) is 2.41. The van der Waals surface area contributed by atoms with Crippen LogP contribution in [0.3, 0.4) is 0 Å². The van der Waals surface area contributed by atoms with Crippen molar-refractivity contribution in [3.63, 3.8) is 0 Å². The normalized spacial score (nSPS) is 28.8. The van der Waals surface area contributed by atoms with Crippen LogP contribution < -0.4 is 5.73 Å². The van der Waals surface area contributed by atoms with Gasteiger partial charge < -0.3 is 15.4 Å². The SMILES string of the molecule is CC1CC1c1noc([C@@H](N)CO)n1. The average molecular weight is 183 g/mol. The Morgan fingerprint density at radius 3 is 3.00 bits per heavy atom. The zero-order chi connectivity index (χ0) is 9.42. The maximum Gasteiger partial charge on any atom is 0.245 e. The van der Waals surface area contributed by atoms with Gasteiger partial charge in [0.25, 0.3) is 0 Å². The second-order valence-corrected chi connectivity index (χ2v) is 3.60. The lowest BCUT2D eigenvalue weighted by molar-refractivity contribution is 0.236. The molecule has 1 aromatic rings. The lowest BCUT2D eigenvalue weighted by Crippen LogP contribution is -2.14. The Morgan fingerprint density at radius 2 is 2.46 bits per heavy atom. The second-order valence-electron chi connectivity index (χ2n) is 3.60. The highest BCUT2D eigenvalue weighted by Gasteiger charge is 2.38. The van der Waals surface area contributed by atoms with Gasteiger partial charge in [-0.1, -0.05) is 12.1 Å². The van der Waals surface area contributed by atoms with Crippen LogP contribution in [-0.4, -0.2) is 21.9 Å². The number of aliphatic hydroxyl groups excluding tert-OH is 1. The lowest BCUT2D eigenvalue weighted by atomic mass is 10.3. The van der Waals surface area contributed by atoms with Crippen LogP contribution >= 0.6 is 0 Å². The van der Waals surface area contributed by atoms with Crippen LogP contribution in [0.2, 0.25) is 0 Å². The number of nitrogens with two attached hydrogens (primary N) is 1. The second kappa shape index (κ2) is 3.08. The van der Waals surface area contributed by atoms with Gasteiger partial charge in [0.2, 0.25) is 5.89 Å². The zero-order valence-corrected chi connectivity index (χ0v) is 7.47. The maximum atomic E-state index is 8.75. The first-order chi connectivity index (χ1) is 6.22. The summed E-state index contributed by atoms with van der Waals surface area (Å²) in [5, 5.41) is 12.6. The van der Waals surface area contributed by atoms with Gasteiger partial charge in [0, 0.05) is 5.92 Å². The Hall–Kier alpha value is -0.940. The van der Waals surface area contributed by atoms with Crippen LogP contribution in [0.25, 0.3) is 0 Å². The molecule has 1 fully saturated rings. The summed E-state index contributed by atoms with van der Waals surface area (Å²) in [7, 11) is 0.